The van der Waals surface area contributed by atoms with Crippen molar-refractivity contribution in [1.29, 1.82) is 0 Å². The van der Waals surface area contributed by atoms with Crippen LogP contribution in [-0.2, 0) is 9.05 Å². The van der Waals surface area contributed by atoms with E-state index >= 15 is 0 Å². The van der Waals surface area contributed by atoms with E-state index in [1.165, 1.54) is 6.07 Å². The van der Waals surface area contributed by atoms with E-state index in [0.29, 0.717) is 30.3 Å². The highest BCUT2D eigenvalue weighted by atomic mass is 35.7. The summed E-state index contributed by atoms with van der Waals surface area (Å²) in [6.45, 7) is 2.53. The van der Waals surface area contributed by atoms with Gasteiger partial charge in [0.2, 0.25) is 0 Å². The second-order valence-corrected chi connectivity index (χ2v) is 5.69. The van der Waals surface area contributed by atoms with E-state index in [2.05, 4.69) is 0 Å². The van der Waals surface area contributed by atoms with E-state index < -0.39 is 9.05 Å². The second-order valence-electron chi connectivity index (χ2n) is 3.15. The van der Waals surface area contributed by atoms with Gasteiger partial charge in [-0.1, -0.05) is 0 Å². The van der Waals surface area contributed by atoms with Crippen LogP contribution in [0.1, 0.15) is 5.56 Å². The van der Waals surface area contributed by atoms with E-state index in [-0.39, 0.29) is 4.90 Å². The van der Waals surface area contributed by atoms with Crippen molar-refractivity contribution in [3.8, 4) is 11.5 Å². The maximum atomic E-state index is 11.2. The Morgan fingerprint density at radius 1 is 1.27 bits per heavy atom. The first kappa shape index (κ1) is 10.6. The number of fused-ring (bicyclic) bond motifs is 1. The van der Waals surface area contributed by atoms with Crippen LogP contribution in [0.3, 0.4) is 0 Å². The molecule has 0 aromatic heterocycles. The Bertz CT molecular complexity index is 495. The van der Waals surface area contributed by atoms with Gasteiger partial charge in [-0.05, 0) is 19.1 Å². The van der Waals surface area contributed by atoms with Crippen LogP contribution in [0.15, 0.2) is 17.0 Å². The Morgan fingerprint density at radius 3 is 2.60 bits per heavy atom. The number of rotatable bonds is 1. The molecular weight excluding hydrogens is 240 g/mol. The molecule has 0 N–H and O–H groups in total. The average molecular weight is 249 g/mol. The molecular formula is C9H9ClO4S. The van der Waals surface area contributed by atoms with Crippen molar-refractivity contribution < 1.29 is 17.9 Å². The third-order valence-corrected chi connectivity index (χ3v) is 3.64. The molecule has 1 heterocycles. The van der Waals surface area contributed by atoms with Crippen LogP contribution in [-0.4, -0.2) is 21.6 Å². The van der Waals surface area contributed by atoms with Crippen LogP contribution in [0.2, 0.25) is 0 Å². The number of hydrogen-bond acceptors (Lipinski definition) is 4. The minimum Gasteiger partial charge on any atom is -0.486 e. The Balaban J connectivity index is 2.63. The fourth-order valence-corrected chi connectivity index (χ4v) is 2.69. The van der Waals surface area contributed by atoms with Crippen LogP contribution in [0.25, 0.3) is 0 Å². The summed E-state index contributed by atoms with van der Waals surface area (Å²) in [6, 6.07) is 2.97. The molecule has 0 unspecified atom stereocenters. The molecule has 0 saturated carbocycles. The summed E-state index contributed by atoms with van der Waals surface area (Å²) in [4.78, 5) is 0.0633. The van der Waals surface area contributed by atoms with Gasteiger partial charge < -0.3 is 9.47 Å². The summed E-state index contributed by atoms with van der Waals surface area (Å²) in [5.41, 5.74) is 0.488. The van der Waals surface area contributed by atoms with Crippen molar-refractivity contribution in [2.45, 2.75) is 11.8 Å². The minimum atomic E-state index is -3.73. The van der Waals surface area contributed by atoms with Gasteiger partial charge in [-0.25, -0.2) is 8.42 Å². The Labute approximate surface area is 92.2 Å². The fraction of sp³-hybridized carbons (Fsp3) is 0.333. The van der Waals surface area contributed by atoms with Crippen LogP contribution < -0.4 is 9.47 Å². The van der Waals surface area contributed by atoms with E-state index in [1.807, 2.05) is 0 Å². The van der Waals surface area contributed by atoms with Crippen molar-refractivity contribution in [1.82, 2.24) is 0 Å². The molecule has 82 valence electrons. The highest BCUT2D eigenvalue weighted by Crippen LogP contribution is 2.37. The van der Waals surface area contributed by atoms with Crippen molar-refractivity contribution >= 4 is 19.7 Å². The average Bonchev–Trinajstić information content (AvgIpc) is 2.16. The quantitative estimate of drug-likeness (QED) is 0.710. The first-order valence-corrected chi connectivity index (χ1v) is 6.65. The zero-order valence-electron chi connectivity index (χ0n) is 7.99. The standard InChI is InChI=1S/C9H9ClO4S/c1-6-8(15(10,11)12)3-2-7-9(6)14-5-4-13-7/h2-3H,4-5H2,1H3. The molecule has 6 heteroatoms. The predicted molar refractivity (Wildman–Crippen MR) is 55.2 cm³/mol. The molecule has 1 aromatic carbocycles. The molecule has 0 spiro atoms. The maximum absolute atomic E-state index is 11.2. The second kappa shape index (κ2) is 3.57. The third kappa shape index (κ3) is 1.89. The first-order chi connectivity index (χ1) is 7.00. The summed E-state index contributed by atoms with van der Waals surface area (Å²) in [5, 5.41) is 0. The summed E-state index contributed by atoms with van der Waals surface area (Å²) < 4.78 is 33.1. The SMILES string of the molecule is Cc1c(S(=O)(=O)Cl)ccc2c1OCCO2. The third-order valence-electron chi connectivity index (χ3n) is 2.17. The molecule has 4 nitrogen and oxygen atoms in total. The molecule has 0 saturated heterocycles. The predicted octanol–water partition coefficient (Wildman–Crippen LogP) is 1.69. The molecule has 0 bridgehead atoms. The molecule has 1 aliphatic heterocycles. The maximum Gasteiger partial charge on any atom is 0.261 e. The van der Waals surface area contributed by atoms with Crippen LogP contribution in [0, 0.1) is 6.92 Å². The lowest BCUT2D eigenvalue weighted by molar-refractivity contribution is 0.170. The van der Waals surface area contributed by atoms with E-state index in [4.69, 9.17) is 20.2 Å². The highest BCUT2D eigenvalue weighted by molar-refractivity contribution is 8.13. The molecule has 0 amide bonds. The molecule has 0 fully saturated rings. The zero-order chi connectivity index (χ0) is 11.1. The molecule has 2 rings (SSSR count). The Kier molecular flexibility index (Phi) is 2.52. The zero-order valence-corrected chi connectivity index (χ0v) is 9.56. The number of ether oxygens (including phenoxy) is 2. The molecule has 0 atom stereocenters. The normalized spacial score (nSPS) is 15.1. The van der Waals surface area contributed by atoms with Crippen molar-refractivity contribution in [2.24, 2.45) is 0 Å². The lowest BCUT2D eigenvalue weighted by atomic mass is 10.2. The smallest absolute Gasteiger partial charge is 0.261 e. The molecule has 1 aliphatic rings. The molecule has 1 aromatic rings. The van der Waals surface area contributed by atoms with E-state index in [1.54, 1.807) is 13.0 Å². The molecule has 15 heavy (non-hydrogen) atoms. The van der Waals surface area contributed by atoms with Gasteiger partial charge in [0.05, 0.1) is 4.90 Å². The highest BCUT2D eigenvalue weighted by Gasteiger charge is 2.21. The summed E-state index contributed by atoms with van der Waals surface area (Å²) in [6.07, 6.45) is 0. The largest absolute Gasteiger partial charge is 0.486 e. The minimum absolute atomic E-state index is 0.0633. The fourth-order valence-electron chi connectivity index (χ4n) is 1.50. The van der Waals surface area contributed by atoms with Gasteiger partial charge in [0.15, 0.2) is 11.5 Å². The summed E-state index contributed by atoms with van der Waals surface area (Å²) in [7, 11) is 1.55. The van der Waals surface area contributed by atoms with Gasteiger partial charge in [-0.3, -0.25) is 0 Å². The Hall–Kier alpha value is -0.940. The van der Waals surface area contributed by atoms with Crippen molar-refractivity contribution in [2.75, 3.05) is 13.2 Å². The Morgan fingerprint density at radius 2 is 1.93 bits per heavy atom. The van der Waals surface area contributed by atoms with Gasteiger partial charge in [0.25, 0.3) is 9.05 Å². The van der Waals surface area contributed by atoms with E-state index in [9.17, 15) is 8.42 Å². The summed E-state index contributed by atoms with van der Waals surface area (Å²) in [5.74, 6) is 1.02. The van der Waals surface area contributed by atoms with Crippen LogP contribution in [0.4, 0.5) is 0 Å². The lowest BCUT2D eigenvalue weighted by Gasteiger charge is -2.20. The van der Waals surface area contributed by atoms with E-state index in [0.717, 1.165) is 0 Å². The topological polar surface area (TPSA) is 52.6 Å². The van der Waals surface area contributed by atoms with Gasteiger partial charge in [0.1, 0.15) is 13.2 Å². The molecule has 0 radical (unpaired) electrons. The van der Waals surface area contributed by atoms with Crippen molar-refractivity contribution in [3.05, 3.63) is 17.7 Å². The van der Waals surface area contributed by atoms with Gasteiger partial charge in [-0.15, -0.1) is 0 Å². The number of hydrogen-bond donors (Lipinski definition) is 0. The van der Waals surface area contributed by atoms with Gasteiger partial charge >= 0.3 is 0 Å². The van der Waals surface area contributed by atoms with Crippen LogP contribution in [0.5, 0.6) is 11.5 Å². The monoisotopic (exact) mass is 248 g/mol. The van der Waals surface area contributed by atoms with Crippen molar-refractivity contribution in [3.63, 3.8) is 0 Å². The lowest BCUT2D eigenvalue weighted by Crippen LogP contribution is -2.16. The van der Waals surface area contributed by atoms with Crippen LogP contribution >= 0.6 is 10.7 Å². The first-order valence-electron chi connectivity index (χ1n) is 4.34. The summed E-state index contributed by atoms with van der Waals surface area (Å²) >= 11 is 0. The number of halogens is 1. The van der Waals surface area contributed by atoms with Gasteiger partial charge in [-0.2, -0.15) is 0 Å². The van der Waals surface area contributed by atoms with Gasteiger partial charge in [0, 0.05) is 16.2 Å². The number of benzene rings is 1. The molecule has 0 aliphatic carbocycles.